The van der Waals surface area contributed by atoms with Crippen LogP contribution < -0.4 is 5.73 Å². The van der Waals surface area contributed by atoms with Crippen molar-refractivity contribution in [3.63, 3.8) is 0 Å². The van der Waals surface area contributed by atoms with Crippen LogP contribution in [0.15, 0.2) is 24.3 Å². The molecule has 1 aliphatic rings. The molecule has 14 heavy (non-hydrogen) atoms. The minimum absolute atomic E-state index is 0.140. The summed E-state index contributed by atoms with van der Waals surface area (Å²) in [5.74, 6) is 0.319. The van der Waals surface area contributed by atoms with E-state index in [-0.39, 0.29) is 11.0 Å². The van der Waals surface area contributed by atoms with E-state index < -0.39 is 0 Å². The number of rotatable bonds is 2. The molecule has 0 aromatic heterocycles. The van der Waals surface area contributed by atoms with Crippen molar-refractivity contribution in [2.45, 2.75) is 37.6 Å². The second-order valence-electron chi connectivity index (χ2n) is 4.85. The number of nitrogens with two attached hydrogens (primary N) is 1. The highest BCUT2D eigenvalue weighted by atomic mass is 16.3. The van der Waals surface area contributed by atoms with Gasteiger partial charge in [-0.2, -0.15) is 0 Å². The molecule has 1 saturated carbocycles. The summed E-state index contributed by atoms with van der Waals surface area (Å²) in [5.41, 5.74) is 7.40. The van der Waals surface area contributed by atoms with Crippen LogP contribution in [-0.4, -0.2) is 10.6 Å². The minimum atomic E-state index is -0.177. The Morgan fingerprint density at radius 2 is 1.71 bits per heavy atom. The summed E-state index contributed by atoms with van der Waals surface area (Å²) < 4.78 is 0. The van der Waals surface area contributed by atoms with E-state index in [0.29, 0.717) is 5.75 Å². The van der Waals surface area contributed by atoms with Crippen LogP contribution in [0.25, 0.3) is 0 Å². The van der Waals surface area contributed by atoms with E-state index in [1.807, 2.05) is 12.1 Å². The lowest BCUT2D eigenvalue weighted by Gasteiger charge is -2.31. The molecule has 0 unspecified atom stereocenters. The Bertz CT molecular complexity index is 330. The number of aromatic hydroxyl groups is 1. The van der Waals surface area contributed by atoms with E-state index in [2.05, 4.69) is 13.8 Å². The van der Waals surface area contributed by atoms with Crippen molar-refractivity contribution in [1.29, 1.82) is 0 Å². The van der Waals surface area contributed by atoms with Gasteiger partial charge in [0.25, 0.3) is 0 Å². The van der Waals surface area contributed by atoms with Gasteiger partial charge >= 0.3 is 0 Å². The zero-order valence-corrected chi connectivity index (χ0v) is 8.75. The second kappa shape index (κ2) is 2.74. The van der Waals surface area contributed by atoms with E-state index in [0.717, 1.165) is 12.8 Å². The minimum Gasteiger partial charge on any atom is -0.508 e. The van der Waals surface area contributed by atoms with Gasteiger partial charge in [-0.3, -0.25) is 0 Å². The molecule has 0 radical (unpaired) electrons. The summed E-state index contributed by atoms with van der Waals surface area (Å²) >= 11 is 0. The monoisotopic (exact) mass is 191 g/mol. The molecule has 2 heteroatoms. The van der Waals surface area contributed by atoms with Gasteiger partial charge in [-0.25, -0.2) is 0 Å². The Morgan fingerprint density at radius 3 is 2.07 bits per heavy atom. The van der Waals surface area contributed by atoms with Crippen LogP contribution >= 0.6 is 0 Å². The highest BCUT2D eigenvalue weighted by Crippen LogP contribution is 2.54. The fraction of sp³-hybridized carbons (Fsp3) is 0.500. The first-order valence-corrected chi connectivity index (χ1v) is 5.04. The Kier molecular flexibility index (Phi) is 1.86. The molecule has 3 N–H and O–H groups in total. The fourth-order valence-corrected chi connectivity index (χ4v) is 2.21. The lowest BCUT2D eigenvalue weighted by atomic mass is 9.79. The molecule has 0 amide bonds. The fourth-order valence-electron chi connectivity index (χ4n) is 2.21. The van der Waals surface area contributed by atoms with Crippen LogP contribution in [-0.2, 0) is 5.41 Å². The quantitative estimate of drug-likeness (QED) is 0.752. The molecule has 76 valence electrons. The lowest BCUT2D eigenvalue weighted by molar-refractivity contribution is 0.391. The van der Waals surface area contributed by atoms with Crippen molar-refractivity contribution in [2.75, 3.05) is 0 Å². The Balaban J connectivity index is 2.36. The van der Waals surface area contributed by atoms with Crippen molar-refractivity contribution in [1.82, 2.24) is 0 Å². The molecule has 1 fully saturated rings. The first-order valence-electron chi connectivity index (χ1n) is 5.04. The topological polar surface area (TPSA) is 46.2 Å². The molecule has 2 rings (SSSR count). The van der Waals surface area contributed by atoms with Crippen molar-refractivity contribution in [3.05, 3.63) is 29.8 Å². The van der Waals surface area contributed by atoms with Gasteiger partial charge in [0.05, 0.1) is 0 Å². The predicted molar refractivity (Wildman–Crippen MR) is 57.3 cm³/mol. The molecule has 1 aliphatic carbocycles. The van der Waals surface area contributed by atoms with E-state index in [1.54, 1.807) is 12.1 Å². The average Bonchev–Trinajstić information content (AvgIpc) is 2.84. The second-order valence-corrected chi connectivity index (χ2v) is 4.85. The SMILES string of the molecule is CC(C)(N)C1(c2ccc(O)cc2)CC1. The largest absolute Gasteiger partial charge is 0.508 e. The summed E-state index contributed by atoms with van der Waals surface area (Å²) in [6.07, 6.45) is 2.31. The molecule has 0 atom stereocenters. The van der Waals surface area contributed by atoms with E-state index in [9.17, 15) is 5.11 Å². The van der Waals surface area contributed by atoms with Crippen LogP contribution in [0.5, 0.6) is 5.75 Å². The molecule has 2 nitrogen and oxygen atoms in total. The Labute approximate surface area is 84.7 Å². The summed E-state index contributed by atoms with van der Waals surface area (Å²) in [5, 5.41) is 9.21. The number of phenols is 1. The maximum atomic E-state index is 9.21. The molecule has 0 saturated heterocycles. The summed E-state index contributed by atoms with van der Waals surface area (Å²) in [6.45, 7) is 4.15. The smallest absolute Gasteiger partial charge is 0.115 e. The van der Waals surface area contributed by atoms with Crippen LogP contribution in [0, 0.1) is 0 Å². The van der Waals surface area contributed by atoms with Crippen LogP contribution in [0.4, 0.5) is 0 Å². The molecule has 0 bridgehead atoms. The zero-order chi connectivity index (χ0) is 10.4. The van der Waals surface area contributed by atoms with Crippen LogP contribution in [0.1, 0.15) is 32.3 Å². The first kappa shape index (κ1) is 9.53. The van der Waals surface area contributed by atoms with E-state index in [1.165, 1.54) is 5.56 Å². The van der Waals surface area contributed by atoms with Crippen molar-refractivity contribution in [3.8, 4) is 5.75 Å². The lowest BCUT2D eigenvalue weighted by Crippen LogP contribution is -2.45. The van der Waals surface area contributed by atoms with Gasteiger partial charge in [-0.05, 0) is 44.4 Å². The van der Waals surface area contributed by atoms with Crippen molar-refractivity contribution < 1.29 is 5.11 Å². The average molecular weight is 191 g/mol. The molecule has 1 aromatic carbocycles. The van der Waals surface area contributed by atoms with Crippen LogP contribution in [0.2, 0.25) is 0 Å². The van der Waals surface area contributed by atoms with Crippen molar-refractivity contribution >= 4 is 0 Å². The highest BCUT2D eigenvalue weighted by molar-refractivity contribution is 5.39. The third kappa shape index (κ3) is 1.30. The Morgan fingerprint density at radius 1 is 1.21 bits per heavy atom. The van der Waals surface area contributed by atoms with Gasteiger partial charge in [0.1, 0.15) is 5.75 Å². The number of benzene rings is 1. The third-order valence-corrected chi connectivity index (χ3v) is 3.40. The van der Waals surface area contributed by atoms with E-state index in [4.69, 9.17) is 5.73 Å². The molecule has 0 spiro atoms. The summed E-state index contributed by atoms with van der Waals surface area (Å²) in [4.78, 5) is 0. The van der Waals surface area contributed by atoms with Crippen LogP contribution in [0.3, 0.4) is 0 Å². The van der Waals surface area contributed by atoms with Gasteiger partial charge in [0.15, 0.2) is 0 Å². The Hall–Kier alpha value is -1.02. The van der Waals surface area contributed by atoms with E-state index >= 15 is 0 Å². The molecule has 1 aromatic rings. The van der Waals surface area contributed by atoms with Gasteiger partial charge in [-0.1, -0.05) is 12.1 Å². The van der Waals surface area contributed by atoms with Gasteiger partial charge in [-0.15, -0.1) is 0 Å². The number of phenolic OH excluding ortho intramolecular Hbond substituents is 1. The zero-order valence-electron chi connectivity index (χ0n) is 8.75. The predicted octanol–water partition coefficient (Wildman–Crippen LogP) is 2.16. The third-order valence-electron chi connectivity index (χ3n) is 3.40. The highest BCUT2D eigenvalue weighted by Gasteiger charge is 2.53. The normalized spacial score (nSPS) is 19.4. The molecule has 0 heterocycles. The summed E-state index contributed by atoms with van der Waals surface area (Å²) in [7, 11) is 0. The maximum absolute atomic E-state index is 9.21. The molecular weight excluding hydrogens is 174 g/mol. The molecule has 0 aliphatic heterocycles. The van der Waals surface area contributed by atoms with Gasteiger partial charge < -0.3 is 10.8 Å². The van der Waals surface area contributed by atoms with Crippen molar-refractivity contribution in [2.24, 2.45) is 5.73 Å². The van der Waals surface area contributed by atoms with Gasteiger partial charge in [0, 0.05) is 11.0 Å². The number of hydrogen-bond acceptors (Lipinski definition) is 2. The first-order chi connectivity index (χ1) is 6.46. The molecular formula is C12H17NO. The standard InChI is InChI=1S/C12H17NO/c1-11(2,13)12(7-8-12)9-3-5-10(14)6-4-9/h3-6,14H,7-8,13H2,1-2H3. The summed E-state index contributed by atoms with van der Waals surface area (Å²) in [6, 6.07) is 7.44. The van der Waals surface area contributed by atoms with Gasteiger partial charge in [0.2, 0.25) is 0 Å². The maximum Gasteiger partial charge on any atom is 0.115 e. The number of hydrogen-bond donors (Lipinski definition) is 2.